The van der Waals surface area contributed by atoms with Gasteiger partial charge in [-0.15, -0.1) is 0 Å². The molecule has 274 valence electrons. The van der Waals surface area contributed by atoms with Crippen LogP contribution < -0.4 is 0 Å². The average molecular weight is 733 g/mol. The maximum absolute atomic E-state index is 14.7. The van der Waals surface area contributed by atoms with Crippen molar-refractivity contribution in [1.29, 1.82) is 0 Å². The van der Waals surface area contributed by atoms with Gasteiger partial charge in [-0.25, -0.2) is 0 Å². The lowest BCUT2D eigenvalue weighted by molar-refractivity contribution is -0.156. The summed E-state index contributed by atoms with van der Waals surface area (Å²) in [5.41, 5.74) is 2.75. The number of aliphatic hydroxyl groups is 1. The molecule has 0 saturated carbocycles. The van der Waals surface area contributed by atoms with E-state index in [2.05, 4.69) is 95.3 Å². The summed E-state index contributed by atoms with van der Waals surface area (Å²) < 4.78 is 21.4. The summed E-state index contributed by atoms with van der Waals surface area (Å²) in [5.74, 6) is -0.438. The molecule has 5 nitrogen and oxygen atoms in total. The molecule has 0 amide bonds. The maximum Gasteiger partial charge on any atom is 0.241 e. The molecule has 7 heteroatoms. The van der Waals surface area contributed by atoms with E-state index in [0.29, 0.717) is 18.4 Å². The highest BCUT2D eigenvalue weighted by Gasteiger charge is 2.65. The molecule has 3 aliphatic rings. The number of rotatable bonds is 11. The Morgan fingerprint density at radius 2 is 1.35 bits per heavy atom. The molecule has 0 fully saturated rings. The molecule has 0 radical (unpaired) electrons. The fraction of sp³-hybridized carbons (Fsp3) is 0.400. The topological polar surface area (TPSA) is 65.0 Å². The fourth-order valence-corrected chi connectivity index (χ4v) is 11.3. The maximum atomic E-state index is 14.7. The van der Waals surface area contributed by atoms with Crippen LogP contribution in [-0.2, 0) is 24.0 Å². The number of carbonyl (C=O) groups is 1. The standard InChI is InChI=1S/C45H56O5Si2/c1-31(2)41-38-28-34(30-48-45(35-20-14-11-15-21-35,36-22-16-12-17-23-36)37-24-18-13-19-25-37)29-43(50-52(8,9)10)40(26-32(3)42(43)46)44(38,47)33(4)27-39(41)49-51(5,6)7/h11-26,28,33,38,40,47H,1,27,29-30H2,2-10H3/t33-,38+,40-,43-,44-/m1/s1. The van der Waals surface area contributed by atoms with Gasteiger partial charge in [0.1, 0.15) is 11.2 Å². The zero-order chi connectivity index (χ0) is 37.7. The normalized spacial score (nSPS) is 26.6. The van der Waals surface area contributed by atoms with Gasteiger partial charge >= 0.3 is 0 Å². The van der Waals surface area contributed by atoms with E-state index in [0.717, 1.165) is 39.2 Å². The van der Waals surface area contributed by atoms with Crippen LogP contribution >= 0.6 is 0 Å². The number of allylic oxidation sites excluding steroid dienone is 2. The Labute approximate surface area is 313 Å². The minimum atomic E-state index is -2.36. The molecule has 0 spiro atoms. The third-order valence-electron chi connectivity index (χ3n) is 10.8. The number of hydrogen-bond acceptors (Lipinski definition) is 5. The molecule has 6 rings (SSSR count). The van der Waals surface area contributed by atoms with E-state index in [1.807, 2.05) is 74.5 Å². The molecule has 0 unspecified atom stereocenters. The third-order valence-corrected chi connectivity index (χ3v) is 12.7. The highest BCUT2D eigenvalue weighted by atomic mass is 28.4. The van der Waals surface area contributed by atoms with Crippen LogP contribution in [0.4, 0.5) is 0 Å². The van der Waals surface area contributed by atoms with Crippen molar-refractivity contribution in [2.24, 2.45) is 17.8 Å². The van der Waals surface area contributed by atoms with E-state index in [1.54, 1.807) is 0 Å². The van der Waals surface area contributed by atoms with Crippen molar-refractivity contribution in [3.63, 3.8) is 0 Å². The Balaban J connectivity index is 1.60. The molecule has 0 bridgehead atoms. The molecular weight excluding hydrogens is 677 g/mol. The lowest BCUT2D eigenvalue weighted by atomic mass is 9.59. The Bertz CT molecular complexity index is 1800. The van der Waals surface area contributed by atoms with E-state index in [-0.39, 0.29) is 18.3 Å². The van der Waals surface area contributed by atoms with Crippen LogP contribution in [0.15, 0.2) is 138 Å². The van der Waals surface area contributed by atoms with Gasteiger partial charge in [0.15, 0.2) is 14.1 Å². The van der Waals surface area contributed by atoms with Gasteiger partial charge in [-0.2, -0.15) is 0 Å². The monoisotopic (exact) mass is 732 g/mol. The Kier molecular flexibility index (Phi) is 10.3. The predicted octanol–water partition coefficient (Wildman–Crippen LogP) is 10.1. The quantitative estimate of drug-likeness (QED) is 0.121. The highest BCUT2D eigenvalue weighted by Crippen LogP contribution is 2.59. The lowest BCUT2D eigenvalue weighted by Gasteiger charge is -2.52. The summed E-state index contributed by atoms with van der Waals surface area (Å²) in [6, 6.07) is 31.0. The van der Waals surface area contributed by atoms with Crippen LogP contribution in [0.2, 0.25) is 39.3 Å². The van der Waals surface area contributed by atoms with Crippen molar-refractivity contribution >= 4 is 22.4 Å². The van der Waals surface area contributed by atoms with E-state index in [9.17, 15) is 9.90 Å². The summed E-state index contributed by atoms with van der Waals surface area (Å²) in [7, 11) is -4.39. The number of carbonyl (C=O) groups excluding carboxylic acids is 1. The molecule has 5 atom stereocenters. The fourth-order valence-electron chi connectivity index (χ4n) is 8.97. The van der Waals surface area contributed by atoms with Crippen molar-refractivity contribution in [2.75, 3.05) is 6.61 Å². The minimum Gasteiger partial charge on any atom is -0.547 e. The molecule has 3 aromatic carbocycles. The second-order valence-electron chi connectivity index (χ2n) is 17.1. The van der Waals surface area contributed by atoms with Crippen LogP contribution in [0.25, 0.3) is 0 Å². The first-order valence-corrected chi connectivity index (χ1v) is 25.5. The van der Waals surface area contributed by atoms with Gasteiger partial charge in [-0.3, -0.25) is 4.79 Å². The first-order valence-electron chi connectivity index (χ1n) is 18.7. The van der Waals surface area contributed by atoms with Crippen molar-refractivity contribution < 1.29 is 23.5 Å². The molecule has 3 aromatic rings. The Hall–Kier alpha value is -3.60. The van der Waals surface area contributed by atoms with Gasteiger partial charge in [0.05, 0.1) is 18.0 Å². The van der Waals surface area contributed by atoms with Gasteiger partial charge < -0.3 is 18.7 Å². The smallest absolute Gasteiger partial charge is 0.241 e. The van der Waals surface area contributed by atoms with Gasteiger partial charge in [-0.1, -0.05) is 122 Å². The molecule has 0 aromatic heterocycles. The third kappa shape index (κ3) is 6.82. The average Bonchev–Trinajstić information content (AvgIpc) is 3.25. The van der Waals surface area contributed by atoms with Gasteiger partial charge in [0.25, 0.3) is 0 Å². The van der Waals surface area contributed by atoms with Crippen LogP contribution in [-0.4, -0.2) is 45.3 Å². The summed E-state index contributed by atoms with van der Waals surface area (Å²) >= 11 is 0. The van der Waals surface area contributed by atoms with Gasteiger partial charge in [-0.05, 0) is 86.9 Å². The van der Waals surface area contributed by atoms with Crippen molar-refractivity contribution in [3.8, 4) is 0 Å². The molecule has 0 aliphatic heterocycles. The Morgan fingerprint density at radius 1 is 0.846 bits per heavy atom. The van der Waals surface area contributed by atoms with Crippen LogP contribution in [0.5, 0.6) is 0 Å². The number of fused-ring (bicyclic) bond motifs is 3. The van der Waals surface area contributed by atoms with E-state index >= 15 is 0 Å². The SMILES string of the molecule is C=C(C)C1=C(O[Si](C)(C)C)C[C@@H](C)[C@@]2(O)[C@H]1C=C(COC(c1ccccc1)(c1ccccc1)c1ccccc1)C[C@]1(O[Si](C)(C)C)C(=O)C(C)=C[C@@H]21. The number of ketones is 1. The second kappa shape index (κ2) is 14.0. The lowest BCUT2D eigenvalue weighted by Crippen LogP contribution is -2.62. The largest absolute Gasteiger partial charge is 0.547 e. The van der Waals surface area contributed by atoms with E-state index < -0.39 is 45.3 Å². The van der Waals surface area contributed by atoms with Gasteiger partial charge in [0.2, 0.25) is 8.32 Å². The molecular formula is C45H56O5Si2. The van der Waals surface area contributed by atoms with Crippen molar-refractivity contribution in [2.45, 2.75) is 89.7 Å². The molecule has 0 saturated heterocycles. The summed E-state index contributed by atoms with van der Waals surface area (Å²) in [5, 5.41) is 13.5. The van der Waals surface area contributed by atoms with E-state index in [4.69, 9.17) is 13.6 Å². The Morgan fingerprint density at radius 3 is 1.79 bits per heavy atom. The summed E-state index contributed by atoms with van der Waals surface area (Å²) in [6.07, 6.45) is 5.05. The molecule has 1 N–H and O–H groups in total. The highest BCUT2D eigenvalue weighted by molar-refractivity contribution is 6.70. The van der Waals surface area contributed by atoms with Crippen molar-refractivity contribution in [3.05, 3.63) is 154 Å². The summed E-state index contributed by atoms with van der Waals surface area (Å²) in [6.45, 7) is 23.6. The number of hydrogen-bond donors (Lipinski definition) is 1. The number of ether oxygens (including phenoxy) is 1. The van der Waals surface area contributed by atoms with E-state index in [1.165, 1.54) is 0 Å². The molecule has 0 heterocycles. The number of benzene rings is 3. The number of Topliss-reactive ketones (excluding diaryl/α,β-unsaturated/α-hetero) is 1. The van der Waals surface area contributed by atoms with Crippen LogP contribution in [0, 0.1) is 17.8 Å². The van der Waals surface area contributed by atoms with Gasteiger partial charge in [0, 0.05) is 30.3 Å². The molecule has 3 aliphatic carbocycles. The first-order chi connectivity index (χ1) is 24.4. The zero-order valence-electron chi connectivity index (χ0n) is 32.5. The minimum absolute atomic E-state index is 0.0439. The first kappa shape index (κ1) is 38.1. The van der Waals surface area contributed by atoms with Crippen LogP contribution in [0.1, 0.15) is 50.3 Å². The van der Waals surface area contributed by atoms with Crippen LogP contribution in [0.3, 0.4) is 0 Å². The van der Waals surface area contributed by atoms with Crippen molar-refractivity contribution in [1.82, 2.24) is 0 Å². The predicted molar refractivity (Wildman–Crippen MR) is 216 cm³/mol. The summed E-state index contributed by atoms with van der Waals surface area (Å²) in [4.78, 5) is 14.7. The second-order valence-corrected chi connectivity index (χ2v) is 26.0. The zero-order valence-corrected chi connectivity index (χ0v) is 34.5. The molecule has 52 heavy (non-hydrogen) atoms.